The minimum Gasteiger partial charge on any atom is -0.283 e. The van der Waals surface area contributed by atoms with Crippen LogP contribution < -0.4 is 0 Å². The van der Waals surface area contributed by atoms with Gasteiger partial charge in [0, 0.05) is 5.75 Å². The Hall–Kier alpha value is 0.0200. The maximum absolute atomic E-state index is 8.62. The summed E-state index contributed by atoms with van der Waals surface area (Å²) >= 11 is 1.80. The van der Waals surface area contributed by atoms with Crippen LogP contribution in [-0.2, 0) is 0 Å². The third-order valence-corrected chi connectivity index (χ3v) is 1.83. The molecule has 1 rings (SSSR count). The predicted octanol–water partition coefficient (Wildman–Crippen LogP) is 0.668. The molecule has 34 valence electrons. The summed E-state index contributed by atoms with van der Waals surface area (Å²) in [5.74, 6) is 2.66. The smallest absolute Gasteiger partial charge is 0.283 e. The van der Waals surface area contributed by atoms with Gasteiger partial charge in [0.25, 0.3) is 0 Å². The quantitative estimate of drug-likeness (QED) is 0.413. The van der Waals surface area contributed by atoms with Crippen molar-refractivity contribution >= 4 is 17.5 Å². The Kier molecular flexibility index (Phi) is 1.15. The fourth-order valence-electron chi connectivity index (χ4n) is 0.452. The van der Waals surface area contributed by atoms with Gasteiger partial charge in [-0.05, 0) is 0 Å². The Bertz CT molecular complexity index is 61.9. The third-order valence-electron chi connectivity index (χ3n) is 0.804. The fraction of sp³-hybridized carbons (Fsp3) is 0.750. The van der Waals surface area contributed by atoms with Crippen LogP contribution >= 0.6 is 11.8 Å². The Morgan fingerprint density at radius 2 is 2.50 bits per heavy atom. The first-order valence-electron chi connectivity index (χ1n) is 2.01. The van der Waals surface area contributed by atoms with E-state index in [0.29, 0.717) is 5.78 Å². The average molecular weight is 103 g/mol. The topological polar surface area (TPSA) is 21.4 Å². The molecule has 0 aromatic heterocycles. The molecule has 0 amide bonds. The first-order chi connectivity index (χ1) is 2.89. The fourth-order valence-corrected chi connectivity index (χ4v) is 1.36. The normalized spacial score (nSPS) is 22.3. The first kappa shape index (κ1) is 4.19. The van der Waals surface area contributed by atoms with Crippen molar-refractivity contribution in [3.63, 3.8) is 0 Å². The van der Waals surface area contributed by atoms with Gasteiger partial charge in [0.1, 0.15) is 5.75 Å². The number of hydrogen-bond donors (Lipinski definition) is 0. The standard InChI is InChI=1S/C4H6OS/c5-4-1-2-6-3-4/h1-3H2/p+1. The number of carbonyl (C=O) groups excluding carboxylic acids is 1. The molecule has 1 heterocycles. The van der Waals surface area contributed by atoms with E-state index >= 15 is 0 Å². The largest absolute Gasteiger partial charge is 0.303 e. The predicted molar refractivity (Wildman–Crippen MR) is 28.9 cm³/mol. The van der Waals surface area contributed by atoms with Crippen molar-refractivity contribution < 1.29 is 4.79 Å². The third kappa shape index (κ3) is 0.744. The van der Waals surface area contributed by atoms with E-state index in [4.69, 9.17) is 4.79 Å². The van der Waals surface area contributed by atoms with Crippen LogP contribution in [0.3, 0.4) is 0 Å². The van der Waals surface area contributed by atoms with E-state index in [-0.39, 0.29) is 0 Å². The van der Waals surface area contributed by atoms with Crippen molar-refractivity contribution in [3.8, 4) is 0 Å². The van der Waals surface area contributed by atoms with Gasteiger partial charge >= 0.3 is 5.78 Å². The van der Waals surface area contributed by atoms with Gasteiger partial charge in [-0.1, -0.05) is 0 Å². The van der Waals surface area contributed by atoms with E-state index in [1.807, 2.05) is 0 Å². The Morgan fingerprint density at radius 1 is 1.67 bits per heavy atom. The van der Waals surface area contributed by atoms with Crippen LogP contribution in [0.4, 0.5) is 0 Å². The second kappa shape index (κ2) is 1.65. The van der Waals surface area contributed by atoms with E-state index in [1.165, 1.54) is 0 Å². The highest BCUT2D eigenvalue weighted by Gasteiger charge is 2.14. The van der Waals surface area contributed by atoms with Gasteiger partial charge in [-0.3, -0.25) is 4.79 Å². The highest BCUT2D eigenvalue weighted by molar-refractivity contribution is 8.00. The average Bonchev–Trinajstić information content (AvgIpc) is 1.86. The summed E-state index contributed by atoms with van der Waals surface area (Å²) in [5, 5.41) is 0. The van der Waals surface area contributed by atoms with Gasteiger partial charge in [-0.15, -0.1) is 11.8 Å². The van der Waals surface area contributed by atoms with Gasteiger partial charge < -0.3 is 0 Å². The summed E-state index contributed by atoms with van der Waals surface area (Å²) in [6.07, 6.45) is 0.921. The monoisotopic (exact) mass is 103 g/mol. The van der Waals surface area contributed by atoms with Crippen molar-refractivity contribution in [2.75, 3.05) is 11.5 Å². The van der Waals surface area contributed by atoms with Gasteiger partial charge in [-0.25, -0.2) is 0 Å². The Labute approximate surface area is 41.1 Å². The molecule has 0 bridgehead atoms. The summed E-state index contributed by atoms with van der Waals surface area (Å²) in [6, 6.07) is 0. The van der Waals surface area contributed by atoms with Crippen molar-refractivity contribution in [1.82, 2.24) is 0 Å². The summed E-state index contributed by atoms with van der Waals surface area (Å²) in [5.41, 5.74) is 0. The molecule has 0 radical (unpaired) electrons. The molecular weight excluding hydrogens is 96.1 g/mol. The van der Waals surface area contributed by atoms with Gasteiger partial charge in [-0.2, -0.15) is 0 Å². The molecule has 1 saturated heterocycles. The maximum Gasteiger partial charge on any atom is 0.303 e. The number of ketones is 1. The lowest BCUT2D eigenvalue weighted by molar-refractivity contribution is 0.664. The highest BCUT2D eigenvalue weighted by Crippen LogP contribution is 2.11. The highest BCUT2D eigenvalue weighted by atomic mass is 32.2. The summed E-state index contributed by atoms with van der Waals surface area (Å²) in [7, 11) is 0. The SMILES string of the molecule is [OH+]=C1CCSC1. The molecule has 1 nitrogen and oxygen atoms in total. The maximum atomic E-state index is 8.62. The molecule has 1 aliphatic heterocycles. The van der Waals surface area contributed by atoms with Crippen molar-refractivity contribution in [3.05, 3.63) is 0 Å². The van der Waals surface area contributed by atoms with Crippen LogP contribution in [0.1, 0.15) is 6.42 Å². The zero-order valence-corrected chi connectivity index (χ0v) is 4.29. The molecule has 0 unspecified atom stereocenters. The van der Waals surface area contributed by atoms with E-state index in [0.717, 1.165) is 17.9 Å². The van der Waals surface area contributed by atoms with Crippen LogP contribution in [0.25, 0.3) is 0 Å². The summed E-state index contributed by atoms with van der Waals surface area (Å²) in [6.45, 7) is 0. The second-order valence-electron chi connectivity index (χ2n) is 1.37. The van der Waals surface area contributed by atoms with Crippen molar-refractivity contribution in [2.45, 2.75) is 6.42 Å². The molecule has 6 heavy (non-hydrogen) atoms. The molecule has 0 atom stereocenters. The Balaban J connectivity index is 2.37. The molecule has 0 aromatic carbocycles. The molecule has 0 aromatic rings. The lowest BCUT2D eigenvalue weighted by Crippen LogP contribution is -1.90. The van der Waals surface area contributed by atoms with Crippen LogP contribution in [0.2, 0.25) is 0 Å². The number of thioether (sulfide) groups is 1. The first-order valence-corrected chi connectivity index (χ1v) is 3.16. The van der Waals surface area contributed by atoms with Crippen LogP contribution in [0.5, 0.6) is 0 Å². The van der Waals surface area contributed by atoms with E-state index in [2.05, 4.69) is 0 Å². The number of rotatable bonds is 0. The lowest BCUT2D eigenvalue weighted by Gasteiger charge is -1.65. The molecule has 2 heteroatoms. The molecule has 0 saturated carbocycles. The molecule has 1 aliphatic rings. The van der Waals surface area contributed by atoms with Crippen molar-refractivity contribution in [1.29, 1.82) is 0 Å². The Morgan fingerprint density at radius 3 is 2.67 bits per heavy atom. The second-order valence-corrected chi connectivity index (χ2v) is 2.47. The van der Waals surface area contributed by atoms with E-state index in [1.54, 1.807) is 11.8 Å². The molecular formula is C4H7OS+. The summed E-state index contributed by atoms with van der Waals surface area (Å²) < 4.78 is 0. The van der Waals surface area contributed by atoms with Crippen LogP contribution in [0.15, 0.2) is 0 Å². The lowest BCUT2D eigenvalue weighted by atomic mass is 10.4. The minimum atomic E-state index is 0.667. The van der Waals surface area contributed by atoms with Gasteiger partial charge in [0.2, 0.25) is 0 Å². The molecule has 1 N–H and O–H groups in total. The molecule has 0 spiro atoms. The molecule has 1 fully saturated rings. The zero-order valence-electron chi connectivity index (χ0n) is 3.48. The zero-order chi connectivity index (χ0) is 4.41. The number of hydrogen-bond acceptors (Lipinski definition) is 1. The van der Waals surface area contributed by atoms with Gasteiger partial charge in [0.15, 0.2) is 0 Å². The minimum absolute atomic E-state index is 0.667. The van der Waals surface area contributed by atoms with Crippen LogP contribution in [0, 0.1) is 0 Å². The van der Waals surface area contributed by atoms with Crippen molar-refractivity contribution in [2.24, 2.45) is 0 Å². The van der Waals surface area contributed by atoms with E-state index in [9.17, 15) is 0 Å². The summed E-state index contributed by atoms with van der Waals surface area (Å²) in [4.78, 5) is 8.62. The molecule has 0 aliphatic carbocycles. The van der Waals surface area contributed by atoms with Gasteiger partial charge in [0.05, 0.1) is 6.42 Å². The van der Waals surface area contributed by atoms with E-state index < -0.39 is 0 Å². The van der Waals surface area contributed by atoms with Crippen LogP contribution in [-0.4, -0.2) is 22.1 Å².